The van der Waals surface area contributed by atoms with Crippen LogP contribution >= 0.6 is 31.9 Å². The van der Waals surface area contributed by atoms with Crippen LogP contribution in [0, 0.1) is 5.92 Å². The van der Waals surface area contributed by atoms with E-state index in [4.69, 9.17) is 9.47 Å². The molecule has 1 atom stereocenters. The van der Waals surface area contributed by atoms with Crippen LogP contribution in [-0.2, 0) is 11.3 Å². The van der Waals surface area contributed by atoms with Crippen LogP contribution in [-0.4, -0.2) is 26.9 Å². The van der Waals surface area contributed by atoms with E-state index in [1.807, 2.05) is 7.05 Å². The summed E-state index contributed by atoms with van der Waals surface area (Å²) in [7, 11) is 1.94. The number of hydrogen-bond donors (Lipinski definition) is 1. The topological polar surface area (TPSA) is 30.5 Å². The maximum absolute atomic E-state index is 5.89. The highest BCUT2D eigenvalue weighted by atomic mass is 79.9. The van der Waals surface area contributed by atoms with Crippen LogP contribution in [0.15, 0.2) is 21.1 Å². The van der Waals surface area contributed by atoms with Gasteiger partial charge in [0.1, 0.15) is 5.75 Å². The maximum Gasteiger partial charge on any atom is 0.147 e. The van der Waals surface area contributed by atoms with Crippen LogP contribution in [0.5, 0.6) is 5.75 Å². The zero-order chi connectivity index (χ0) is 13.0. The Labute approximate surface area is 124 Å². The summed E-state index contributed by atoms with van der Waals surface area (Å²) in [5.74, 6) is 1.39. The number of hydrogen-bond acceptors (Lipinski definition) is 3. The minimum absolute atomic E-state index is 0.515. The Hall–Kier alpha value is -0.100. The van der Waals surface area contributed by atoms with Gasteiger partial charge in [0.25, 0.3) is 0 Å². The van der Waals surface area contributed by atoms with Crippen molar-refractivity contribution in [3.05, 3.63) is 26.6 Å². The van der Waals surface area contributed by atoms with Crippen molar-refractivity contribution in [2.75, 3.05) is 26.9 Å². The zero-order valence-electron chi connectivity index (χ0n) is 10.3. The molecule has 0 bridgehead atoms. The van der Waals surface area contributed by atoms with Gasteiger partial charge in [-0.1, -0.05) is 0 Å². The molecular weight excluding hydrogens is 362 g/mol. The fraction of sp³-hybridized carbons (Fsp3) is 0.538. The van der Waals surface area contributed by atoms with E-state index in [1.165, 1.54) is 5.56 Å². The normalized spacial score (nSPS) is 19.2. The first-order chi connectivity index (χ1) is 8.70. The average Bonchev–Trinajstić information content (AvgIpc) is 2.81. The van der Waals surface area contributed by atoms with E-state index in [0.29, 0.717) is 12.5 Å². The smallest absolute Gasteiger partial charge is 0.147 e. The van der Waals surface area contributed by atoms with Gasteiger partial charge in [0.05, 0.1) is 22.2 Å². The van der Waals surface area contributed by atoms with Gasteiger partial charge in [-0.25, -0.2) is 0 Å². The second-order valence-corrected chi connectivity index (χ2v) is 6.17. The molecule has 1 aromatic carbocycles. The number of halogens is 2. The molecule has 0 amide bonds. The summed E-state index contributed by atoms with van der Waals surface area (Å²) in [4.78, 5) is 0. The SMILES string of the molecule is CNCc1cc(Br)c(OCC2CCOC2)c(Br)c1. The summed E-state index contributed by atoms with van der Waals surface area (Å²) in [6.45, 7) is 3.22. The molecule has 3 nitrogen and oxygen atoms in total. The van der Waals surface area contributed by atoms with Crippen molar-refractivity contribution in [3.8, 4) is 5.75 Å². The van der Waals surface area contributed by atoms with Gasteiger partial charge in [-0.2, -0.15) is 0 Å². The average molecular weight is 379 g/mol. The lowest BCUT2D eigenvalue weighted by Crippen LogP contribution is -2.12. The molecule has 2 rings (SSSR count). The predicted octanol–water partition coefficient (Wildman–Crippen LogP) is 3.35. The molecule has 0 aliphatic carbocycles. The Kier molecular flexibility index (Phi) is 5.48. The van der Waals surface area contributed by atoms with Gasteiger partial charge in [-0.05, 0) is 63.0 Å². The molecule has 1 aliphatic rings. The van der Waals surface area contributed by atoms with Crippen molar-refractivity contribution in [2.45, 2.75) is 13.0 Å². The summed E-state index contributed by atoms with van der Waals surface area (Å²) in [5.41, 5.74) is 1.22. The number of benzene rings is 1. The van der Waals surface area contributed by atoms with Gasteiger partial charge >= 0.3 is 0 Å². The number of ether oxygens (including phenoxy) is 2. The largest absolute Gasteiger partial charge is 0.491 e. The van der Waals surface area contributed by atoms with Crippen molar-refractivity contribution >= 4 is 31.9 Å². The van der Waals surface area contributed by atoms with Crippen molar-refractivity contribution < 1.29 is 9.47 Å². The van der Waals surface area contributed by atoms with E-state index in [2.05, 4.69) is 49.3 Å². The summed E-state index contributed by atoms with van der Waals surface area (Å²) < 4.78 is 13.2. The molecule has 1 aliphatic heterocycles. The first kappa shape index (κ1) is 14.3. The molecule has 1 N–H and O–H groups in total. The van der Waals surface area contributed by atoms with Crippen LogP contribution in [0.1, 0.15) is 12.0 Å². The summed E-state index contributed by atoms with van der Waals surface area (Å²) >= 11 is 7.13. The standard InChI is InChI=1S/C13H17Br2NO2/c1-16-6-10-4-11(14)13(12(15)5-10)18-8-9-2-3-17-7-9/h4-5,9,16H,2-3,6-8H2,1H3. The Morgan fingerprint density at radius 2 is 2.11 bits per heavy atom. The summed E-state index contributed by atoms with van der Waals surface area (Å²) in [6.07, 6.45) is 1.09. The van der Waals surface area contributed by atoms with E-state index in [0.717, 1.165) is 40.9 Å². The van der Waals surface area contributed by atoms with E-state index >= 15 is 0 Å². The van der Waals surface area contributed by atoms with Gasteiger partial charge < -0.3 is 14.8 Å². The first-order valence-electron chi connectivity index (χ1n) is 6.03. The Bertz CT molecular complexity index is 383. The summed E-state index contributed by atoms with van der Waals surface area (Å²) in [6, 6.07) is 4.17. The van der Waals surface area contributed by atoms with Crippen molar-refractivity contribution in [2.24, 2.45) is 5.92 Å². The molecule has 1 fully saturated rings. The van der Waals surface area contributed by atoms with Crippen LogP contribution < -0.4 is 10.1 Å². The molecule has 0 saturated carbocycles. The number of rotatable bonds is 5. The Balaban J connectivity index is 2.02. The highest BCUT2D eigenvalue weighted by Gasteiger charge is 2.18. The monoisotopic (exact) mass is 377 g/mol. The second kappa shape index (κ2) is 6.89. The quantitative estimate of drug-likeness (QED) is 0.852. The zero-order valence-corrected chi connectivity index (χ0v) is 13.5. The molecule has 0 spiro atoms. The molecule has 5 heteroatoms. The molecule has 1 heterocycles. The predicted molar refractivity (Wildman–Crippen MR) is 79.0 cm³/mol. The van der Waals surface area contributed by atoms with Gasteiger partial charge in [0.2, 0.25) is 0 Å². The van der Waals surface area contributed by atoms with Crippen LogP contribution in [0.2, 0.25) is 0 Å². The van der Waals surface area contributed by atoms with Gasteiger partial charge in [0, 0.05) is 19.1 Å². The first-order valence-corrected chi connectivity index (χ1v) is 7.62. The molecule has 100 valence electrons. The van der Waals surface area contributed by atoms with Gasteiger partial charge in [-0.3, -0.25) is 0 Å². The minimum Gasteiger partial charge on any atom is -0.491 e. The third-order valence-electron chi connectivity index (χ3n) is 2.93. The van der Waals surface area contributed by atoms with Crippen molar-refractivity contribution in [1.82, 2.24) is 5.32 Å². The van der Waals surface area contributed by atoms with Crippen molar-refractivity contribution in [3.63, 3.8) is 0 Å². The number of nitrogens with one attached hydrogen (secondary N) is 1. The molecule has 1 aromatic rings. The molecule has 1 unspecified atom stereocenters. The van der Waals surface area contributed by atoms with E-state index in [-0.39, 0.29) is 0 Å². The van der Waals surface area contributed by atoms with E-state index in [9.17, 15) is 0 Å². The van der Waals surface area contributed by atoms with Gasteiger partial charge in [0.15, 0.2) is 0 Å². The minimum atomic E-state index is 0.515. The lowest BCUT2D eigenvalue weighted by molar-refractivity contribution is 0.166. The third-order valence-corrected chi connectivity index (χ3v) is 4.10. The highest BCUT2D eigenvalue weighted by Crippen LogP contribution is 2.35. The lowest BCUT2D eigenvalue weighted by atomic mass is 10.1. The fourth-order valence-corrected chi connectivity index (χ4v) is 3.48. The highest BCUT2D eigenvalue weighted by molar-refractivity contribution is 9.11. The van der Waals surface area contributed by atoms with E-state index < -0.39 is 0 Å². The van der Waals surface area contributed by atoms with Crippen LogP contribution in [0.3, 0.4) is 0 Å². The Morgan fingerprint density at radius 1 is 1.39 bits per heavy atom. The van der Waals surface area contributed by atoms with E-state index in [1.54, 1.807) is 0 Å². The fourth-order valence-electron chi connectivity index (χ4n) is 1.97. The third kappa shape index (κ3) is 3.70. The van der Waals surface area contributed by atoms with Gasteiger partial charge in [-0.15, -0.1) is 0 Å². The molecular formula is C13H17Br2NO2. The lowest BCUT2D eigenvalue weighted by Gasteiger charge is -2.14. The van der Waals surface area contributed by atoms with Crippen molar-refractivity contribution in [1.29, 1.82) is 0 Å². The van der Waals surface area contributed by atoms with Crippen LogP contribution in [0.25, 0.3) is 0 Å². The second-order valence-electron chi connectivity index (χ2n) is 4.46. The molecule has 0 aromatic heterocycles. The van der Waals surface area contributed by atoms with Crippen LogP contribution in [0.4, 0.5) is 0 Å². The molecule has 1 saturated heterocycles. The molecule has 0 radical (unpaired) electrons. The summed E-state index contributed by atoms with van der Waals surface area (Å²) in [5, 5.41) is 3.14. The maximum atomic E-state index is 5.89. The molecule has 18 heavy (non-hydrogen) atoms. The Morgan fingerprint density at radius 3 is 2.67 bits per heavy atom.